The summed E-state index contributed by atoms with van der Waals surface area (Å²) >= 11 is 0. The maximum atomic E-state index is 11.0. The quantitative estimate of drug-likeness (QED) is 0.594. The Balaban J connectivity index is 2.38. The Labute approximate surface area is 78.8 Å². The van der Waals surface area contributed by atoms with E-state index in [1.165, 1.54) is 7.11 Å². The molecule has 0 N–H and O–H groups in total. The molecule has 76 valence electrons. The Hall–Kier alpha value is -0.610. The van der Waals surface area contributed by atoms with Crippen molar-refractivity contribution >= 4 is 5.97 Å². The first-order valence-electron chi connectivity index (χ1n) is 4.53. The van der Waals surface area contributed by atoms with E-state index in [4.69, 9.17) is 4.74 Å². The number of hydrogen-bond donors (Lipinski definition) is 0. The van der Waals surface area contributed by atoms with E-state index in [0.29, 0.717) is 12.6 Å². The van der Waals surface area contributed by atoms with Crippen molar-refractivity contribution in [1.82, 2.24) is 4.90 Å². The average Bonchev–Trinajstić information content (AvgIpc) is 2.51. The van der Waals surface area contributed by atoms with Gasteiger partial charge >= 0.3 is 5.97 Å². The molecular formula is C9H17NO3. The lowest BCUT2D eigenvalue weighted by Gasteiger charge is -2.25. The Kier molecular flexibility index (Phi) is 3.69. The topological polar surface area (TPSA) is 38.8 Å². The predicted molar refractivity (Wildman–Crippen MR) is 48.5 cm³/mol. The van der Waals surface area contributed by atoms with Gasteiger partial charge in [-0.1, -0.05) is 0 Å². The molecule has 1 heterocycles. The Bertz CT molecular complexity index is 184. The number of esters is 1. The zero-order valence-corrected chi connectivity index (χ0v) is 8.45. The highest BCUT2D eigenvalue weighted by Gasteiger charge is 2.28. The van der Waals surface area contributed by atoms with E-state index >= 15 is 0 Å². The van der Waals surface area contributed by atoms with Crippen LogP contribution in [0, 0.1) is 0 Å². The van der Waals surface area contributed by atoms with Gasteiger partial charge in [0.1, 0.15) is 0 Å². The molecule has 1 rings (SSSR count). The molecule has 1 aliphatic heterocycles. The van der Waals surface area contributed by atoms with E-state index in [-0.39, 0.29) is 12.1 Å². The van der Waals surface area contributed by atoms with Crippen molar-refractivity contribution in [2.75, 3.05) is 27.3 Å². The first-order chi connectivity index (χ1) is 6.15. The van der Waals surface area contributed by atoms with Crippen molar-refractivity contribution in [3.05, 3.63) is 0 Å². The van der Waals surface area contributed by atoms with Gasteiger partial charge in [-0.3, -0.25) is 9.69 Å². The SMILES string of the molecule is COC(=O)CN(C)C1CCOC1C. The molecule has 0 aromatic heterocycles. The third-order valence-electron chi connectivity index (χ3n) is 2.51. The largest absolute Gasteiger partial charge is 0.468 e. The maximum absolute atomic E-state index is 11.0. The van der Waals surface area contributed by atoms with Crippen LogP contribution in [0.2, 0.25) is 0 Å². The molecule has 0 aromatic carbocycles. The van der Waals surface area contributed by atoms with Crippen LogP contribution in [0.3, 0.4) is 0 Å². The molecule has 0 radical (unpaired) electrons. The maximum Gasteiger partial charge on any atom is 0.319 e. The second-order valence-electron chi connectivity index (χ2n) is 3.42. The summed E-state index contributed by atoms with van der Waals surface area (Å²) in [6.45, 7) is 3.16. The number of carbonyl (C=O) groups excluding carboxylic acids is 1. The summed E-state index contributed by atoms with van der Waals surface area (Å²) in [5.41, 5.74) is 0. The van der Waals surface area contributed by atoms with E-state index < -0.39 is 0 Å². The molecule has 13 heavy (non-hydrogen) atoms. The molecule has 0 spiro atoms. The predicted octanol–water partition coefficient (Wildman–Crippen LogP) is 0.269. The Morgan fingerprint density at radius 3 is 2.85 bits per heavy atom. The van der Waals surface area contributed by atoms with Crippen LogP contribution in [-0.2, 0) is 14.3 Å². The lowest BCUT2D eigenvalue weighted by Crippen LogP contribution is -2.40. The molecule has 4 nitrogen and oxygen atoms in total. The number of methoxy groups -OCH3 is 1. The van der Waals surface area contributed by atoms with Gasteiger partial charge in [0.25, 0.3) is 0 Å². The number of hydrogen-bond acceptors (Lipinski definition) is 4. The highest BCUT2D eigenvalue weighted by Crippen LogP contribution is 2.17. The molecule has 2 atom stereocenters. The van der Waals surface area contributed by atoms with Crippen LogP contribution in [0.5, 0.6) is 0 Å². The highest BCUT2D eigenvalue weighted by molar-refractivity contribution is 5.71. The lowest BCUT2D eigenvalue weighted by molar-refractivity contribution is -0.142. The third kappa shape index (κ3) is 2.67. The Morgan fingerprint density at radius 2 is 2.38 bits per heavy atom. The van der Waals surface area contributed by atoms with E-state index in [9.17, 15) is 4.79 Å². The molecule has 4 heteroatoms. The standard InChI is InChI=1S/C9H17NO3/c1-7-8(4-5-13-7)10(2)6-9(11)12-3/h7-8H,4-6H2,1-3H3. The number of nitrogens with zero attached hydrogens (tertiary/aromatic N) is 1. The summed E-state index contributed by atoms with van der Waals surface area (Å²) in [6, 6.07) is 0.346. The first-order valence-corrected chi connectivity index (χ1v) is 4.53. The summed E-state index contributed by atoms with van der Waals surface area (Å²) in [7, 11) is 3.33. The number of ether oxygens (including phenoxy) is 2. The monoisotopic (exact) mass is 187 g/mol. The normalized spacial score (nSPS) is 28.0. The van der Waals surface area contributed by atoms with Crippen LogP contribution in [0.1, 0.15) is 13.3 Å². The number of carbonyl (C=O) groups is 1. The fraction of sp³-hybridized carbons (Fsp3) is 0.889. The van der Waals surface area contributed by atoms with Crippen molar-refractivity contribution in [2.24, 2.45) is 0 Å². The van der Waals surface area contributed by atoms with Crippen LogP contribution in [0.25, 0.3) is 0 Å². The van der Waals surface area contributed by atoms with Crippen LogP contribution in [-0.4, -0.2) is 50.3 Å². The molecule has 0 aliphatic carbocycles. The molecule has 0 amide bonds. The van der Waals surface area contributed by atoms with Crippen molar-refractivity contribution in [3.63, 3.8) is 0 Å². The van der Waals surface area contributed by atoms with Gasteiger partial charge in [0.15, 0.2) is 0 Å². The molecule has 1 fully saturated rings. The molecule has 0 aromatic rings. The Morgan fingerprint density at radius 1 is 1.69 bits per heavy atom. The molecule has 0 bridgehead atoms. The fourth-order valence-electron chi connectivity index (χ4n) is 1.68. The zero-order valence-electron chi connectivity index (χ0n) is 8.45. The van der Waals surface area contributed by atoms with Gasteiger partial charge in [0.2, 0.25) is 0 Å². The van der Waals surface area contributed by atoms with Crippen molar-refractivity contribution in [3.8, 4) is 0 Å². The van der Waals surface area contributed by atoms with Gasteiger partial charge < -0.3 is 9.47 Å². The molecule has 1 saturated heterocycles. The second-order valence-corrected chi connectivity index (χ2v) is 3.42. The van der Waals surface area contributed by atoms with Gasteiger partial charge in [-0.05, 0) is 20.4 Å². The molecular weight excluding hydrogens is 170 g/mol. The smallest absolute Gasteiger partial charge is 0.319 e. The van der Waals surface area contributed by atoms with Crippen molar-refractivity contribution < 1.29 is 14.3 Å². The zero-order chi connectivity index (χ0) is 9.84. The molecule has 0 saturated carbocycles. The second kappa shape index (κ2) is 4.58. The highest BCUT2D eigenvalue weighted by atomic mass is 16.5. The van der Waals surface area contributed by atoms with Crippen LogP contribution in [0.4, 0.5) is 0 Å². The summed E-state index contributed by atoms with van der Waals surface area (Å²) in [5.74, 6) is -0.193. The van der Waals surface area contributed by atoms with Gasteiger partial charge in [-0.25, -0.2) is 0 Å². The third-order valence-corrected chi connectivity index (χ3v) is 2.51. The van der Waals surface area contributed by atoms with Gasteiger partial charge in [0, 0.05) is 12.6 Å². The van der Waals surface area contributed by atoms with Crippen molar-refractivity contribution in [2.45, 2.75) is 25.5 Å². The van der Waals surface area contributed by atoms with Crippen LogP contribution < -0.4 is 0 Å². The van der Waals surface area contributed by atoms with Crippen LogP contribution in [0.15, 0.2) is 0 Å². The van der Waals surface area contributed by atoms with Gasteiger partial charge in [-0.2, -0.15) is 0 Å². The minimum Gasteiger partial charge on any atom is -0.468 e. The van der Waals surface area contributed by atoms with E-state index in [1.54, 1.807) is 0 Å². The van der Waals surface area contributed by atoms with E-state index in [2.05, 4.69) is 4.74 Å². The fourth-order valence-corrected chi connectivity index (χ4v) is 1.68. The summed E-state index contributed by atoms with van der Waals surface area (Å²) < 4.78 is 10.0. The van der Waals surface area contributed by atoms with E-state index in [0.717, 1.165) is 13.0 Å². The molecule has 1 aliphatic rings. The van der Waals surface area contributed by atoms with Gasteiger partial charge in [-0.15, -0.1) is 0 Å². The van der Waals surface area contributed by atoms with E-state index in [1.807, 2.05) is 18.9 Å². The average molecular weight is 187 g/mol. The van der Waals surface area contributed by atoms with Crippen LogP contribution >= 0.6 is 0 Å². The first kappa shape index (κ1) is 10.5. The summed E-state index contributed by atoms with van der Waals surface area (Å²) in [5, 5.41) is 0. The molecule has 2 unspecified atom stereocenters. The number of likely N-dealkylation sites (N-methyl/N-ethyl adjacent to an activating group) is 1. The van der Waals surface area contributed by atoms with Gasteiger partial charge in [0.05, 0.1) is 19.8 Å². The lowest BCUT2D eigenvalue weighted by atomic mass is 10.1. The summed E-state index contributed by atoms with van der Waals surface area (Å²) in [6.07, 6.45) is 1.21. The minimum absolute atomic E-state index is 0.193. The minimum atomic E-state index is -0.193. The number of rotatable bonds is 3. The summed E-state index contributed by atoms with van der Waals surface area (Å²) in [4.78, 5) is 13.0. The van der Waals surface area contributed by atoms with Crippen molar-refractivity contribution in [1.29, 1.82) is 0 Å².